The molecule has 2 aliphatic carbocycles. The average molecular weight is 637 g/mol. The van der Waals surface area contributed by atoms with Crippen LogP contribution in [-0.2, 0) is 5.41 Å². The van der Waals surface area contributed by atoms with Crippen LogP contribution in [0.3, 0.4) is 0 Å². The van der Waals surface area contributed by atoms with Crippen LogP contribution in [0, 0.1) is 0 Å². The van der Waals surface area contributed by atoms with Gasteiger partial charge in [0.25, 0.3) is 0 Å². The molecular weight excluding hydrogens is 601 g/mol. The standard InChI is InChI=1S/C50H36/c1-50(2)44-24-14-13-23-43(44)47-42-22-12-11-21-41(42)46-40-20-10-9-19-39(40)45(48(46)49(47)50)35-27-25-34(26-28-35)38-30-36(32-15-5-3-6-16-32)29-37(31-38)33-17-7-4-8-18-33/h3-31,45H,1-2H3. The third-order valence-electron chi connectivity index (χ3n) is 11.3. The molecule has 10 rings (SSSR count). The molecule has 0 radical (unpaired) electrons. The molecule has 0 bridgehead atoms. The first kappa shape index (κ1) is 29.0. The number of fused-ring (bicyclic) bond motifs is 10. The third kappa shape index (κ3) is 4.25. The van der Waals surface area contributed by atoms with Crippen molar-refractivity contribution < 1.29 is 0 Å². The predicted molar refractivity (Wildman–Crippen MR) is 211 cm³/mol. The molecule has 0 spiro atoms. The summed E-state index contributed by atoms with van der Waals surface area (Å²) in [7, 11) is 0. The summed E-state index contributed by atoms with van der Waals surface area (Å²) >= 11 is 0. The topological polar surface area (TPSA) is 0 Å². The van der Waals surface area contributed by atoms with Crippen LogP contribution >= 0.6 is 0 Å². The first-order valence-corrected chi connectivity index (χ1v) is 17.7. The molecule has 236 valence electrons. The van der Waals surface area contributed by atoms with Gasteiger partial charge in [0.2, 0.25) is 0 Å². The monoisotopic (exact) mass is 636 g/mol. The van der Waals surface area contributed by atoms with Crippen LogP contribution in [0.2, 0.25) is 0 Å². The summed E-state index contributed by atoms with van der Waals surface area (Å²) < 4.78 is 0. The molecule has 2 aliphatic rings. The minimum absolute atomic E-state index is 0.119. The molecule has 0 saturated heterocycles. The Kier molecular flexibility index (Phi) is 6.39. The minimum Gasteiger partial charge on any atom is -0.0622 e. The molecule has 0 heteroatoms. The summed E-state index contributed by atoms with van der Waals surface area (Å²) in [6, 6.07) is 65.2. The molecule has 8 aromatic carbocycles. The molecule has 0 amide bonds. The third-order valence-corrected chi connectivity index (χ3v) is 11.3. The molecule has 0 saturated carbocycles. The molecule has 0 aromatic heterocycles. The predicted octanol–water partition coefficient (Wildman–Crippen LogP) is 13.3. The second-order valence-corrected chi connectivity index (χ2v) is 14.4. The van der Waals surface area contributed by atoms with Crippen molar-refractivity contribution >= 4 is 10.8 Å². The van der Waals surface area contributed by atoms with Crippen molar-refractivity contribution in [3.8, 4) is 55.6 Å². The van der Waals surface area contributed by atoms with E-state index >= 15 is 0 Å². The van der Waals surface area contributed by atoms with Crippen molar-refractivity contribution in [2.75, 3.05) is 0 Å². The summed E-state index contributed by atoms with van der Waals surface area (Å²) in [5, 5.41) is 2.71. The highest BCUT2D eigenvalue weighted by molar-refractivity contribution is 6.12. The fourth-order valence-corrected chi connectivity index (χ4v) is 9.08. The maximum atomic E-state index is 2.43. The van der Waals surface area contributed by atoms with Gasteiger partial charge in [0, 0.05) is 11.3 Å². The Labute approximate surface area is 294 Å². The van der Waals surface area contributed by atoms with Gasteiger partial charge in [-0.15, -0.1) is 0 Å². The Bertz CT molecular complexity index is 2530. The second kappa shape index (κ2) is 11.0. The van der Waals surface area contributed by atoms with Gasteiger partial charge in [-0.2, -0.15) is 0 Å². The van der Waals surface area contributed by atoms with Crippen molar-refractivity contribution in [3.05, 3.63) is 204 Å². The van der Waals surface area contributed by atoms with Crippen LogP contribution in [-0.4, -0.2) is 0 Å². The van der Waals surface area contributed by atoms with Crippen molar-refractivity contribution in [2.45, 2.75) is 25.2 Å². The van der Waals surface area contributed by atoms with Gasteiger partial charge in [-0.05, 0) is 112 Å². The summed E-state index contributed by atoms with van der Waals surface area (Å²) in [6.45, 7) is 4.86. The van der Waals surface area contributed by atoms with Crippen LogP contribution in [0.25, 0.3) is 66.4 Å². The number of rotatable bonds is 4. The average Bonchev–Trinajstić information content (AvgIpc) is 3.65. The number of hydrogen-bond acceptors (Lipinski definition) is 0. The van der Waals surface area contributed by atoms with Gasteiger partial charge in [-0.25, -0.2) is 0 Å². The van der Waals surface area contributed by atoms with Gasteiger partial charge in [-0.3, -0.25) is 0 Å². The maximum Gasteiger partial charge on any atom is 0.0355 e. The lowest BCUT2D eigenvalue weighted by Gasteiger charge is -2.28. The zero-order valence-electron chi connectivity index (χ0n) is 28.3. The van der Waals surface area contributed by atoms with E-state index in [0.717, 1.165) is 0 Å². The Morgan fingerprint density at radius 1 is 0.400 bits per heavy atom. The van der Waals surface area contributed by atoms with Gasteiger partial charge in [0.1, 0.15) is 0 Å². The van der Waals surface area contributed by atoms with Gasteiger partial charge < -0.3 is 0 Å². The molecule has 0 N–H and O–H groups in total. The Morgan fingerprint density at radius 2 is 0.880 bits per heavy atom. The molecule has 8 aromatic rings. The first-order chi connectivity index (χ1) is 24.6. The highest BCUT2D eigenvalue weighted by Gasteiger charge is 2.44. The lowest BCUT2D eigenvalue weighted by molar-refractivity contribution is 0.651. The Hall–Kier alpha value is -5.98. The summed E-state index contributed by atoms with van der Waals surface area (Å²) in [5.74, 6) is 0.151. The zero-order valence-corrected chi connectivity index (χ0v) is 28.3. The van der Waals surface area contributed by atoms with Crippen LogP contribution in [0.1, 0.15) is 47.6 Å². The SMILES string of the molecule is CC1(C)c2ccccc2-c2c1c1c(c3ccccc23)-c2ccccc2C1c1ccc(-c2cc(-c3ccccc3)cc(-c3ccccc3)c2)cc1. The van der Waals surface area contributed by atoms with Crippen molar-refractivity contribution in [2.24, 2.45) is 0 Å². The van der Waals surface area contributed by atoms with E-state index in [1.54, 1.807) is 0 Å². The zero-order chi connectivity index (χ0) is 33.4. The number of benzene rings is 8. The van der Waals surface area contributed by atoms with Crippen LogP contribution < -0.4 is 0 Å². The Morgan fingerprint density at radius 3 is 1.50 bits per heavy atom. The van der Waals surface area contributed by atoms with Gasteiger partial charge in [0.05, 0.1) is 0 Å². The molecule has 50 heavy (non-hydrogen) atoms. The molecule has 0 aliphatic heterocycles. The summed E-state index contributed by atoms with van der Waals surface area (Å²) in [5.41, 5.74) is 20.0. The minimum atomic E-state index is -0.119. The maximum absolute atomic E-state index is 2.43. The molecule has 1 atom stereocenters. The van der Waals surface area contributed by atoms with Crippen LogP contribution in [0.15, 0.2) is 176 Å². The Balaban J connectivity index is 1.17. The van der Waals surface area contributed by atoms with Crippen molar-refractivity contribution in [3.63, 3.8) is 0 Å². The van der Waals surface area contributed by atoms with Gasteiger partial charge >= 0.3 is 0 Å². The fourth-order valence-electron chi connectivity index (χ4n) is 9.08. The van der Waals surface area contributed by atoms with E-state index in [9.17, 15) is 0 Å². The van der Waals surface area contributed by atoms with E-state index in [-0.39, 0.29) is 11.3 Å². The van der Waals surface area contributed by atoms with E-state index in [2.05, 4.69) is 190 Å². The second-order valence-electron chi connectivity index (χ2n) is 14.4. The van der Waals surface area contributed by atoms with E-state index in [0.29, 0.717) is 0 Å². The summed E-state index contributed by atoms with van der Waals surface area (Å²) in [6.07, 6.45) is 0. The van der Waals surface area contributed by atoms with Crippen LogP contribution in [0.4, 0.5) is 0 Å². The van der Waals surface area contributed by atoms with Crippen molar-refractivity contribution in [1.82, 2.24) is 0 Å². The normalized spacial score (nSPS) is 15.0. The van der Waals surface area contributed by atoms with Crippen molar-refractivity contribution in [1.29, 1.82) is 0 Å². The van der Waals surface area contributed by atoms with Gasteiger partial charge in [0.15, 0.2) is 0 Å². The van der Waals surface area contributed by atoms with E-state index in [1.807, 2.05) is 0 Å². The summed E-state index contributed by atoms with van der Waals surface area (Å²) in [4.78, 5) is 0. The first-order valence-electron chi connectivity index (χ1n) is 17.7. The smallest absolute Gasteiger partial charge is 0.0355 e. The fraction of sp³-hybridized carbons (Fsp3) is 0.0800. The number of hydrogen-bond donors (Lipinski definition) is 0. The van der Waals surface area contributed by atoms with Crippen LogP contribution in [0.5, 0.6) is 0 Å². The largest absolute Gasteiger partial charge is 0.0622 e. The van der Waals surface area contributed by atoms with E-state index in [1.165, 1.54) is 94.2 Å². The lowest BCUT2D eigenvalue weighted by Crippen LogP contribution is -2.18. The molecule has 1 unspecified atom stereocenters. The van der Waals surface area contributed by atoms with E-state index in [4.69, 9.17) is 0 Å². The highest BCUT2D eigenvalue weighted by atomic mass is 14.5. The quantitative estimate of drug-likeness (QED) is 0.180. The molecule has 0 fully saturated rings. The van der Waals surface area contributed by atoms with Gasteiger partial charge in [-0.1, -0.05) is 172 Å². The lowest BCUT2D eigenvalue weighted by atomic mass is 9.74. The highest BCUT2D eigenvalue weighted by Crippen LogP contribution is 2.61. The molecule has 0 heterocycles. The van der Waals surface area contributed by atoms with E-state index < -0.39 is 0 Å². The molecule has 0 nitrogen and oxygen atoms in total. The molecular formula is C50H36.